The number of aliphatic hydroxyl groups excluding tert-OH is 1. The van der Waals surface area contributed by atoms with E-state index in [1.54, 1.807) is 0 Å². The van der Waals surface area contributed by atoms with Crippen LogP contribution in [0.3, 0.4) is 0 Å². The fourth-order valence-corrected chi connectivity index (χ4v) is 2.28. The first kappa shape index (κ1) is 12.9. The summed E-state index contributed by atoms with van der Waals surface area (Å²) in [5.41, 5.74) is 1.27. The van der Waals surface area contributed by atoms with Crippen LogP contribution < -0.4 is 4.74 Å². The second kappa shape index (κ2) is 6.44. The minimum atomic E-state index is 0.301. The van der Waals surface area contributed by atoms with Gasteiger partial charge in [-0.05, 0) is 36.6 Å². The number of aliphatic hydroxyl groups is 1. The van der Waals surface area contributed by atoms with Crippen LogP contribution in [0.1, 0.15) is 12.0 Å². The fourth-order valence-electron chi connectivity index (χ4n) is 2.28. The maximum Gasteiger partial charge on any atom is 0.148 e. The largest absolute Gasteiger partial charge is 0.481 e. The Bertz CT molecular complexity index is 407. The van der Waals surface area contributed by atoms with Gasteiger partial charge in [0.25, 0.3) is 0 Å². The average Bonchev–Trinajstić information content (AvgIpc) is 2.86. The summed E-state index contributed by atoms with van der Waals surface area (Å²) in [4.78, 5) is 2.37. The molecule has 0 aliphatic carbocycles. The normalized spacial score (nSPS) is 19.7. The van der Waals surface area contributed by atoms with Crippen molar-refractivity contribution in [3.05, 3.63) is 29.8 Å². The number of benzene rings is 1. The molecule has 1 aromatic rings. The summed E-state index contributed by atoms with van der Waals surface area (Å²) in [5.74, 6) is 3.71. The number of hydrogen-bond acceptors (Lipinski definition) is 3. The van der Waals surface area contributed by atoms with Gasteiger partial charge >= 0.3 is 0 Å². The van der Waals surface area contributed by atoms with Crippen LogP contribution in [0.5, 0.6) is 5.75 Å². The molecule has 2 rings (SSSR count). The molecule has 1 aromatic carbocycles. The molecule has 1 aliphatic heterocycles. The van der Waals surface area contributed by atoms with E-state index in [1.807, 2.05) is 12.1 Å². The van der Waals surface area contributed by atoms with Crippen molar-refractivity contribution in [3.8, 4) is 18.1 Å². The lowest BCUT2D eigenvalue weighted by molar-refractivity contribution is 0.220. The summed E-state index contributed by atoms with van der Waals surface area (Å²) in [7, 11) is 0. The van der Waals surface area contributed by atoms with Crippen molar-refractivity contribution in [2.75, 3.05) is 26.3 Å². The van der Waals surface area contributed by atoms with Gasteiger partial charge in [0, 0.05) is 19.7 Å². The first-order chi connectivity index (χ1) is 8.81. The molecule has 18 heavy (non-hydrogen) atoms. The van der Waals surface area contributed by atoms with Gasteiger partial charge in [0.15, 0.2) is 0 Å². The van der Waals surface area contributed by atoms with Gasteiger partial charge in [-0.3, -0.25) is 4.90 Å². The van der Waals surface area contributed by atoms with Gasteiger partial charge in [-0.1, -0.05) is 18.1 Å². The van der Waals surface area contributed by atoms with Crippen molar-refractivity contribution in [1.29, 1.82) is 0 Å². The number of terminal acetylenes is 1. The second-order valence-corrected chi connectivity index (χ2v) is 4.71. The molecule has 0 bridgehead atoms. The highest BCUT2D eigenvalue weighted by Gasteiger charge is 2.21. The topological polar surface area (TPSA) is 32.7 Å². The number of likely N-dealkylation sites (tertiary alicyclic amines) is 1. The summed E-state index contributed by atoms with van der Waals surface area (Å²) >= 11 is 0. The van der Waals surface area contributed by atoms with E-state index < -0.39 is 0 Å². The molecule has 3 heteroatoms. The van der Waals surface area contributed by atoms with Crippen molar-refractivity contribution in [3.63, 3.8) is 0 Å². The summed E-state index contributed by atoms with van der Waals surface area (Å²) in [6.45, 7) is 3.61. The Kier molecular flexibility index (Phi) is 4.63. The third kappa shape index (κ3) is 3.49. The number of rotatable bonds is 5. The second-order valence-electron chi connectivity index (χ2n) is 4.71. The summed E-state index contributed by atoms with van der Waals surface area (Å²) in [6, 6.07) is 8.04. The Morgan fingerprint density at radius 3 is 2.78 bits per heavy atom. The third-order valence-electron chi connectivity index (χ3n) is 3.28. The molecular weight excluding hydrogens is 226 g/mol. The Hall–Kier alpha value is -1.50. The molecule has 0 saturated carbocycles. The van der Waals surface area contributed by atoms with Crippen molar-refractivity contribution in [2.24, 2.45) is 5.92 Å². The number of hydrogen-bond donors (Lipinski definition) is 1. The van der Waals surface area contributed by atoms with Gasteiger partial charge in [-0.15, -0.1) is 6.42 Å². The third-order valence-corrected chi connectivity index (χ3v) is 3.28. The monoisotopic (exact) mass is 245 g/mol. The fraction of sp³-hybridized carbons (Fsp3) is 0.467. The minimum Gasteiger partial charge on any atom is -0.481 e. The molecule has 1 atom stereocenters. The molecule has 96 valence electrons. The zero-order valence-corrected chi connectivity index (χ0v) is 10.5. The molecule has 3 nitrogen and oxygen atoms in total. The van der Waals surface area contributed by atoms with E-state index in [2.05, 4.69) is 23.0 Å². The van der Waals surface area contributed by atoms with Crippen LogP contribution in [-0.4, -0.2) is 36.3 Å². The van der Waals surface area contributed by atoms with E-state index in [9.17, 15) is 0 Å². The lowest BCUT2D eigenvalue weighted by Crippen LogP contribution is -2.20. The summed E-state index contributed by atoms with van der Waals surface area (Å²) in [6.07, 6.45) is 6.24. The van der Waals surface area contributed by atoms with Crippen LogP contribution >= 0.6 is 0 Å². The van der Waals surface area contributed by atoms with Gasteiger partial charge in [-0.25, -0.2) is 0 Å². The molecule has 1 heterocycles. The molecule has 1 aliphatic rings. The van der Waals surface area contributed by atoms with Gasteiger partial charge < -0.3 is 9.84 Å². The zero-order chi connectivity index (χ0) is 12.8. The van der Waals surface area contributed by atoms with Gasteiger partial charge in [0.2, 0.25) is 0 Å². The zero-order valence-electron chi connectivity index (χ0n) is 10.5. The molecular formula is C15H19NO2. The molecule has 0 spiro atoms. The highest BCUT2D eigenvalue weighted by atomic mass is 16.5. The van der Waals surface area contributed by atoms with Crippen molar-refractivity contribution in [1.82, 2.24) is 4.90 Å². The van der Waals surface area contributed by atoms with Crippen molar-refractivity contribution >= 4 is 0 Å². The number of ether oxygens (including phenoxy) is 1. The van der Waals surface area contributed by atoms with E-state index in [0.717, 1.165) is 31.8 Å². The maximum absolute atomic E-state index is 9.11. The van der Waals surface area contributed by atoms with E-state index in [0.29, 0.717) is 19.1 Å². The summed E-state index contributed by atoms with van der Waals surface area (Å²) in [5, 5.41) is 9.11. The lowest BCUT2D eigenvalue weighted by atomic mass is 10.1. The van der Waals surface area contributed by atoms with E-state index in [1.165, 1.54) is 5.56 Å². The van der Waals surface area contributed by atoms with Gasteiger partial charge in [0.1, 0.15) is 12.4 Å². The highest BCUT2D eigenvalue weighted by molar-refractivity contribution is 5.27. The summed E-state index contributed by atoms with van der Waals surface area (Å²) < 4.78 is 5.33. The first-order valence-corrected chi connectivity index (χ1v) is 6.30. The van der Waals surface area contributed by atoms with Crippen molar-refractivity contribution in [2.45, 2.75) is 13.0 Å². The van der Waals surface area contributed by atoms with Gasteiger partial charge in [-0.2, -0.15) is 0 Å². The van der Waals surface area contributed by atoms with Gasteiger partial charge in [0.05, 0.1) is 0 Å². The Balaban J connectivity index is 1.85. The molecule has 1 fully saturated rings. The predicted octanol–water partition coefficient (Wildman–Crippen LogP) is 1.51. The smallest absolute Gasteiger partial charge is 0.148 e. The maximum atomic E-state index is 9.11. The Morgan fingerprint density at radius 2 is 2.17 bits per heavy atom. The van der Waals surface area contributed by atoms with Crippen LogP contribution in [0, 0.1) is 18.3 Å². The molecule has 0 aromatic heterocycles. The SMILES string of the molecule is C#CCOc1ccc(CN2CCC(CO)C2)cc1. The Labute approximate surface area is 108 Å². The molecule has 1 saturated heterocycles. The van der Waals surface area contributed by atoms with Crippen LogP contribution in [0.25, 0.3) is 0 Å². The highest BCUT2D eigenvalue weighted by Crippen LogP contribution is 2.19. The molecule has 0 amide bonds. The predicted molar refractivity (Wildman–Crippen MR) is 71.2 cm³/mol. The van der Waals surface area contributed by atoms with E-state index in [4.69, 9.17) is 16.3 Å². The van der Waals surface area contributed by atoms with Crippen LogP contribution in [0.15, 0.2) is 24.3 Å². The molecule has 1 N–H and O–H groups in total. The minimum absolute atomic E-state index is 0.301. The van der Waals surface area contributed by atoms with Crippen LogP contribution in [0.4, 0.5) is 0 Å². The van der Waals surface area contributed by atoms with Crippen molar-refractivity contribution < 1.29 is 9.84 Å². The van der Waals surface area contributed by atoms with Crippen LogP contribution in [-0.2, 0) is 6.54 Å². The molecule has 0 radical (unpaired) electrons. The van der Waals surface area contributed by atoms with E-state index in [-0.39, 0.29) is 0 Å². The number of nitrogens with zero attached hydrogens (tertiary/aromatic N) is 1. The van der Waals surface area contributed by atoms with E-state index >= 15 is 0 Å². The first-order valence-electron chi connectivity index (χ1n) is 6.30. The Morgan fingerprint density at radius 1 is 1.39 bits per heavy atom. The molecule has 1 unspecified atom stereocenters. The standard InChI is InChI=1S/C15H19NO2/c1-2-9-18-15-5-3-13(4-6-15)10-16-8-7-14(11-16)12-17/h1,3-6,14,17H,7-12H2. The average molecular weight is 245 g/mol. The van der Waals surface area contributed by atoms with Crippen LogP contribution in [0.2, 0.25) is 0 Å². The quantitative estimate of drug-likeness (QED) is 0.798. The lowest BCUT2D eigenvalue weighted by Gasteiger charge is -2.15.